The van der Waals surface area contributed by atoms with Crippen molar-refractivity contribution in [1.82, 2.24) is 15.1 Å². The van der Waals surface area contributed by atoms with Crippen LogP contribution in [0.5, 0.6) is 0 Å². The van der Waals surface area contributed by atoms with Crippen LogP contribution < -0.4 is 5.73 Å². The van der Waals surface area contributed by atoms with E-state index < -0.39 is 0 Å². The molecule has 0 atom stereocenters. The molecule has 1 fully saturated rings. The SMILES string of the molecule is NCc1ccc(-c2nc(C3CCCCCC3)no2)nc1. The first-order valence-corrected chi connectivity index (χ1v) is 7.36. The molecule has 106 valence electrons. The van der Waals surface area contributed by atoms with Crippen LogP contribution in [0.3, 0.4) is 0 Å². The molecule has 0 aromatic carbocycles. The number of hydrogen-bond acceptors (Lipinski definition) is 5. The third kappa shape index (κ3) is 2.88. The Bertz CT molecular complexity index is 541. The summed E-state index contributed by atoms with van der Waals surface area (Å²) in [6.07, 6.45) is 9.25. The molecule has 2 aromatic heterocycles. The Hall–Kier alpha value is -1.75. The monoisotopic (exact) mass is 272 g/mol. The highest BCUT2D eigenvalue weighted by Crippen LogP contribution is 2.30. The van der Waals surface area contributed by atoms with Gasteiger partial charge < -0.3 is 10.3 Å². The van der Waals surface area contributed by atoms with E-state index in [2.05, 4.69) is 15.1 Å². The second-order valence-electron chi connectivity index (χ2n) is 5.40. The molecule has 0 unspecified atom stereocenters. The molecule has 2 aromatic rings. The lowest BCUT2D eigenvalue weighted by Gasteiger charge is -2.07. The van der Waals surface area contributed by atoms with Crippen LogP contribution in [0.25, 0.3) is 11.6 Å². The minimum atomic E-state index is 0.443. The normalized spacial score (nSPS) is 17.1. The fraction of sp³-hybridized carbons (Fsp3) is 0.533. The molecular formula is C15H20N4O. The second kappa shape index (κ2) is 6.13. The standard InChI is InChI=1S/C15H20N4O/c16-9-11-7-8-13(17-10-11)15-18-14(19-20-15)12-5-3-1-2-4-6-12/h7-8,10,12H,1-6,9,16H2. The number of rotatable bonds is 3. The molecule has 2 heterocycles. The van der Waals surface area contributed by atoms with E-state index in [0.717, 1.165) is 17.1 Å². The van der Waals surface area contributed by atoms with E-state index in [1.165, 1.54) is 38.5 Å². The molecule has 0 spiro atoms. The summed E-state index contributed by atoms with van der Waals surface area (Å²) in [6.45, 7) is 0.491. The Labute approximate surface area is 118 Å². The summed E-state index contributed by atoms with van der Waals surface area (Å²) in [5.74, 6) is 1.79. The molecule has 0 aliphatic heterocycles. The average molecular weight is 272 g/mol. The van der Waals surface area contributed by atoms with Gasteiger partial charge in [0.05, 0.1) is 0 Å². The highest BCUT2D eigenvalue weighted by atomic mass is 16.5. The molecule has 0 radical (unpaired) electrons. The summed E-state index contributed by atoms with van der Waals surface area (Å²) < 4.78 is 5.36. The van der Waals surface area contributed by atoms with E-state index in [9.17, 15) is 0 Å². The first-order chi connectivity index (χ1) is 9.86. The van der Waals surface area contributed by atoms with Gasteiger partial charge in [-0.3, -0.25) is 4.98 Å². The van der Waals surface area contributed by atoms with Crippen LogP contribution >= 0.6 is 0 Å². The van der Waals surface area contributed by atoms with Gasteiger partial charge in [-0.25, -0.2) is 0 Å². The van der Waals surface area contributed by atoms with Gasteiger partial charge in [0.2, 0.25) is 0 Å². The average Bonchev–Trinajstić information content (AvgIpc) is 2.83. The third-order valence-electron chi connectivity index (χ3n) is 3.94. The predicted octanol–water partition coefficient (Wildman–Crippen LogP) is 3.03. The summed E-state index contributed by atoms with van der Waals surface area (Å²) in [5, 5.41) is 4.15. The smallest absolute Gasteiger partial charge is 0.276 e. The lowest BCUT2D eigenvalue weighted by Crippen LogP contribution is -2.00. The zero-order valence-corrected chi connectivity index (χ0v) is 11.6. The van der Waals surface area contributed by atoms with Crippen molar-refractivity contribution in [3.05, 3.63) is 29.7 Å². The third-order valence-corrected chi connectivity index (χ3v) is 3.94. The van der Waals surface area contributed by atoms with Crippen molar-refractivity contribution in [2.24, 2.45) is 5.73 Å². The van der Waals surface area contributed by atoms with E-state index in [1.807, 2.05) is 12.1 Å². The quantitative estimate of drug-likeness (QED) is 0.869. The molecule has 5 heteroatoms. The van der Waals surface area contributed by atoms with Crippen molar-refractivity contribution in [2.75, 3.05) is 0 Å². The maximum Gasteiger partial charge on any atom is 0.276 e. The number of nitrogens with zero attached hydrogens (tertiary/aromatic N) is 3. The topological polar surface area (TPSA) is 77.8 Å². The van der Waals surface area contributed by atoms with Gasteiger partial charge >= 0.3 is 0 Å². The van der Waals surface area contributed by atoms with E-state index >= 15 is 0 Å². The highest BCUT2D eigenvalue weighted by Gasteiger charge is 2.20. The Morgan fingerprint density at radius 2 is 1.95 bits per heavy atom. The number of nitrogens with two attached hydrogens (primary N) is 1. The van der Waals surface area contributed by atoms with Crippen LogP contribution in [0.2, 0.25) is 0 Å². The van der Waals surface area contributed by atoms with Crippen molar-refractivity contribution in [2.45, 2.75) is 51.0 Å². The lowest BCUT2D eigenvalue weighted by atomic mass is 10.00. The van der Waals surface area contributed by atoms with Crippen molar-refractivity contribution in [3.63, 3.8) is 0 Å². The largest absolute Gasteiger partial charge is 0.332 e. The van der Waals surface area contributed by atoms with E-state index in [0.29, 0.717) is 18.4 Å². The second-order valence-corrected chi connectivity index (χ2v) is 5.40. The fourth-order valence-electron chi connectivity index (χ4n) is 2.71. The van der Waals surface area contributed by atoms with E-state index in [-0.39, 0.29) is 0 Å². The molecular weight excluding hydrogens is 252 g/mol. The van der Waals surface area contributed by atoms with Crippen LogP contribution in [0.4, 0.5) is 0 Å². The summed E-state index contributed by atoms with van der Waals surface area (Å²) in [6, 6.07) is 3.82. The van der Waals surface area contributed by atoms with E-state index in [4.69, 9.17) is 10.3 Å². The summed E-state index contributed by atoms with van der Waals surface area (Å²) in [7, 11) is 0. The zero-order chi connectivity index (χ0) is 13.8. The van der Waals surface area contributed by atoms with Gasteiger partial charge in [-0.1, -0.05) is 36.9 Å². The van der Waals surface area contributed by atoms with Crippen molar-refractivity contribution in [3.8, 4) is 11.6 Å². The first-order valence-electron chi connectivity index (χ1n) is 7.36. The van der Waals surface area contributed by atoms with Gasteiger partial charge in [0, 0.05) is 18.7 Å². The maximum atomic E-state index is 5.56. The summed E-state index contributed by atoms with van der Waals surface area (Å²) in [5.41, 5.74) is 7.28. The molecule has 0 amide bonds. The Morgan fingerprint density at radius 1 is 1.15 bits per heavy atom. The Balaban J connectivity index is 1.78. The molecule has 1 saturated carbocycles. The Kier molecular flexibility index (Phi) is 4.06. The van der Waals surface area contributed by atoms with Gasteiger partial charge in [-0.15, -0.1) is 0 Å². The molecule has 0 bridgehead atoms. The highest BCUT2D eigenvalue weighted by molar-refractivity contribution is 5.46. The van der Waals surface area contributed by atoms with Gasteiger partial charge in [-0.05, 0) is 24.5 Å². The number of pyridine rings is 1. The molecule has 2 N–H and O–H groups in total. The molecule has 20 heavy (non-hydrogen) atoms. The Morgan fingerprint density at radius 3 is 2.60 bits per heavy atom. The molecule has 3 rings (SSSR count). The van der Waals surface area contributed by atoms with Gasteiger partial charge in [0.25, 0.3) is 5.89 Å². The van der Waals surface area contributed by atoms with Crippen LogP contribution in [0, 0.1) is 0 Å². The first kappa shape index (κ1) is 13.2. The number of hydrogen-bond donors (Lipinski definition) is 1. The van der Waals surface area contributed by atoms with Crippen LogP contribution in [-0.2, 0) is 6.54 Å². The van der Waals surface area contributed by atoms with Crippen LogP contribution in [0.1, 0.15) is 55.8 Å². The van der Waals surface area contributed by atoms with Crippen molar-refractivity contribution < 1.29 is 4.52 Å². The number of aromatic nitrogens is 3. The minimum absolute atomic E-state index is 0.443. The predicted molar refractivity (Wildman–Crippen MR) is 75.9 cm³/mol. The molecule has 1 aliphatic rings. The van der Waals surface area contributed by atoms with Crippen LogP contribution in [-0.4, -0.2) is 15.1 Å². The van der Waals surface area contributed by atoms with E-state index in [1.54, 1.807) is 6.20 Å². The maximum absolute atomic E-state index is 5.56. The summed E-state index contributed by atoms with van der Waals surface area (Å²) in [4.78, 5) is 8.85. The van der Waals surface area contributed by atoms with Gasteiger partial charge in [0.15, 0.2) is 5.82 Å². The molecule has 5 nitrogen and oxygen atoms in total. The lowest BCUT2D eigenvalue weighted by molar-refractivity contribution is 0.409. The molecule has 0 saturated heterocycles. The van der Waals surface area contributed by atoms with Gasteiger partial charge in [-0.2, -0.15) is 4.98 Å². The van der Waals surface area contributed by atoms with Crippen molar-refractivity contribution >= 4 is 0 Å². The minimum Gasteiger partial charge on any atom is -0.332 e. The van der Waals surface area contributed by atoms with Crippen LogP contribution in [0.15, 0.2) is 22.9 Å². The zero-order valence-electron chi connectivity index (χ0n) is 11.6. The molecule has 1 aliphatic carbocycles. The summed E-state index contributed by atoms with van der Waals surface area (Å²) >= 11 is 0. The van der Waals surface area contributed by atoms with Crippen molar-refractivity contribution in [1.29, 1.82) is 0 Å². The van der Waals surface area contributed by atoms with Gasteiger partial charge in [0.1, 0.15) is 5.69 Å². The fourth-order valence-corrected chi connectivity index (χ4v) is 2.71.